The summed E-state index contributed by atoms with van der Waals surface area (Å²) in [5.74, 6) is 0.459. The van der Waals surface area contributed by atoms with Crippen molar-refractivity contribution in [3.8, 4) is 17.1 Å². The highest BCUT2D eigenvalue weighted by molar-refractivity contribution is 6.33. The van der Waals surface area contributed by atoms with Crippen LogP contribution in [0.4, 0.5) is 0 Å². The first kappa shape index (κ1) is 31.3. The molecule has 2 aliphatic rings. The number of nitrogens with one attached hydrogen (secondary N) is 1. The van der Waals surface area contributed by atoms with E-state index in [0.717, 1.165) is 30.9 Å². The smallest absolute Gasteiger partial charge is 0.248 e. The maximum Gasteiger partial charge on any atom is 0.248 e. The molecule has 3 aromatic rings. The van der Waals surface area contributed by atoms with Gasteiger partial charge in [0.25, 0.3) is 0 Å². The number of nitrogens with zero attached hydrogens (tertiary/aromatic N) is 2. The van der Waals surface area contributed by atoms with E-state index in [1.165, 1.54) is 37.7 Å². The second-order valence-electron chi connectivity index (χ2n) is 10.7. The van der Waals surface area contributed by atoms with E-state index >= 15 is 0 Å². The number of rotatable bonds is 5. The van der Waals surface area contributed by atoms with Gasteiger partial charge >= 0.3 is 0 Å². The molecule has 0 unspecified atom stereocenters. The summed E-state index contributed by atoms with van der Waals surface area (Å²) in [5.41, 5.74) is 5.08. The Morgan fingerprint density at radius 1 is 1.12 bits per heavy atom. The van der Waals surface area contributed by atoms with E-state index in [-0.39, 0.29) is 17.2 Å². The predicted octanol–water partition coefficient (Wildman–Crippen LogP) is 5.60. The first-order chi connectivity index (χ1) is 19.2. The van der Waals surface area contributed by atoms with Crippen molar-refractivity contribution in [1.82, 2.24) is 14.9 Å². The molecular formula is C31H40ClN3O5. The molecule has 5 rings (SSSR count). The lowest BCUT2D eigenvalue weighted by atomic mass is 9.72. The normalized spacial score (nSPS) is 15.8. The molecule has 0 spiro atoms. The Morgan fingerprint density at radius 3 is 2.35 bits per heavy atom. The van der Waals surface area contributed by atoms with Gasteiger partial charge in [-0.2, -0.15) is 0 Å². The number of halogens is 1. The van der Waals surface area contributed by atoms with E-state index in [0.29, 0.717) is 40.8 Å². The number of H-pyrrole nitrogens is 1. The molecule has 40 heavy (non-hydrogen) atoms. The van der Waals surface area contributed by atoms with E-state index in [2.05, 4.69) is 23.8 Å². The zero-order valence-corrected chi connectivity index (χ0v) is 24.2. The quantitative estimate of drug-likeness (QED) is 0.296. The molecule has 8 nitrogen and oxygen atoms in total. The monoisotopic (exact) mass is 569 g/mol. The number of aliphatic hydroxyl groups is 2. The highest BCUT2D eigenvalue weighted by atomic mass is 35.5. The zero-order valence-electron chi connectivity index (χ0n) is 23.5. The molecular weight excluding hydrogens is 530 g/mol. The van der Waals surface area contributed by atoms with Crippen molar-refractivity contribution >= 4 is 40.4 Å². The number of pyridine rings is 1. The Balaban J connectivity index is 0.000000285. The molecule has 9 heteroatoms. The van der Waals surface area contributed by atoms with Gasteiger partial charge in [0.1, 0.15) is 12.9 Å². The highest BCUT2D eigenvalue weighted by Crippen LogP contribution is 2.36. The summed E-state index contributed by atoms with van der Waals surface area (Å²) in [6, 6.07) is 11.3. The minimum absolute atomic E-state index is 0.0547. The number of aliphatic hydroxyl groups excluding tert-OH is 2. The third-order valence-electron chi connectivity index (χ3n) is 7.73. The van der Waals surface area contributed by atoms with Crippen molar-refractivity contribution in [1.29, 1.82) is 0 Å². The number of hydrogen-bond acceptors (Lipinski definition) is 6. The SMILES string of the molecule is CC(C)(C=O)C1CCCCC1.CO.O=C(CO)N1CC=C(c2ccc(-c3nc4cc(O)[nH]c4cc3Cl)cc2)CC1. The van der Waals surface area contributed by atoms with E-state index in [1.54, 1.807) is 17.0 Å². The molecule has 216 valence electrons. The van der Waals surface area contributed by atoms with Crippen molar-refractivity contribution in [2.75, 3.05) is 26.8 Å². The van der Waals surface area contributed by atoms with Crippen LogP contribution in [0.25, 0.3) is 27.9 Å². The van der Waals surface area contributed by atoms with Gasteiger partial charge in [0, 0.05) is 37.2 Å². The lowest BCUT2D eigenvalue weighted by Gasteiger charge is -2.32. The molecule has 1 saturated carbocycles. The average molecular weight is 570 g/mol. The van der Waals surface area contributed by atoms with Gasteiger partial charge in [-0.3, -0.25) is 4.79 Å². The summed E-state index contributed by atoms with van der Waals surface area (Å²) in [6.45, 7) is 4.80. The molecule has 3 heterocycles. The second kappa shape index (κ2) is 14.4. The van der Waals surface area contributed by atoms with Crippen molar-refractivity contribution in [3.63, 3.8) is 0 Å². The first-order valence-electron chi connectivity index (χ1n) is 13.7. The maximum atomic E-state index is 11.5. The Bertz CT molecular complexity index is 1310. The third-order valence-corrected chi connectivity index (χ3v) is 8.02. The number of benzene rings is 1. The van der Waals surface area contributed by atoms with Crippen LogP contribution in [0.2, 0.25) is 5.02 Å². The lowest BCUT2D eigenvalue weighted by Crippen LogP contribution is -2.36. The van der Waals surface area contributed by atoms with Gasteiger partial charge < -0.3 is 30.0 Å². The minimum Gasteiger partial charge on any atom is -0.495 e. The van der Waals surface area contributed by atoms with Crippen LogP contribution in [0.3, 0.4) is 0 Å². The maximum absolute atomic E-state index is 11.5. The number of aromatic hydroxyl groups is 1. The molecule has 0 atom stereocenters. The number of carbonyl (C=O) groups excluding carboxylic acids is 2. The van der Waals surface area contributed by atoms with Crippen LogP contribution < -0.4 is 0 Å². The van der Waals surface area contributed by atoms with Gasteiger partial charge in [-0.05, 0) is 42.4 Å². The fraction of sp³-hybridized carbons (Fsp3) is 0.452. The summed E-state index contributed by atoms with van der Waals surface area (Å²) < 4.78 is 0. The molecule has 4 N–H and O–H groups in total. The molecule has 1 aromatic carbocycles. The molecule has 0 bridgehead atoms. The number of aldehydes is 1. The van der Waals surface area contributed by atoms with Crippen LogP contribution in [0.15, 0.2) is 42.5 Å². The first-order valence-corrected chi connectivity index (χ1v) is 14.1. The summed E-state index contributed by atoms with van der Waals surface area (Å²) in [7, 11) is 1.00. The summed E-state index contributed by atoms with van der Waals surface area (Å²) in [4.78, 5) is 31.3. The van der Waals surface area contributed by atoms with Gasteiger partial charge in [0.05, 0.1) is 21.7 Å². The molecule has 0 radical (unpaired) electrons. The van der Waals surface area contributed by atoms with Crippen LogP contribution in [0, 0.1) is 11.3 Å². The van der Waals surface area contributed by atoms with Crippen LogP contribution in [-0.4, -0.2) is 69.2 Å². The number of fused-ring (bicyclic) bond motifs is 1. The summed E-state index contributed by atoms with van der Waals surface area (Å²) in [6.07, 6.45) is 10.4. The Kier molecular flexibility index (Phi) is 11.3. The topological polar surface area (TPSA) is 127 Å². The minimum atomic E-state index is -0.450. The van der Waals surface area contributed by atoms with Crippen molar-refractivity contribution in [2.45, 2.75) is 52.4 Å². The van der Waals surface area contributed by atoms with Crippen LogP contribution in [0.5, 0.6) is 5.88 Å². The fourth-order valence-corrected chi connectivity index (χ4v) is 5.52. The van der Waals surface area contributed by atoms with E-state index in [1.807, 2.05) is 30.3 Å². The molecule has 0 saturated heterocycles. The summed E-state index contributed by atoms with van der Waals surface area (Å²) >= 11 is 6.36. The van der Waals surface area contributed by atoms with Gasteiger partial charge in [0.15, 0.2) is 5.88 Å². The lowest BCUT2D eigenvalue weighted by molar-refractivity contribution is -0.133. The Morgan fingerprint density at radius 2 is 1.77 bits per heavy atom. The van der Waals surface area contributed by atoms with Crippen LogP contribution >= 0.6 is 11.6 Å². The molecule has 1 aliphatic heterocycles. The largest absolute Gasteiger partial charge is 0.495 e. The fourth-order valence-electron chi connectivity index (χ4n) is 5.26. The number of aromatic nitrogens is 2. The van der Waals surface area contributed by atoms with Gasteiger partial charge in [-0.15, -0.1) is 0 Å². The molecule has 1 amide bonds. The van der Waals surface area contributed by atoms with Crippen molar-refractivity contribution in [3.05, 3.63) is 53.1 Å². The van der Waals surface area contributed by atoms with E-state index in [4.69, 9.17) is 21.8 Å². The third kappa shape index (κ3) is 7.71. The molecule has 2 aromatic heterocycles. The van der Waals surface area contributed by atoms with Crippen molar-refractivity contribution in [2.24, 2.45) is 11.3 Å². The highest BCUT2D eigenvalue weighted by Gasteiger charge is 2.29. The number of carbonyl (C=O) groups is 2. The van der Waals surface area contributed by atoms with E-state index < -0.39 is 6.61 Å². The van der Waals surface area contributed by atoms with E-state index in [9.17, 15) is 14.7 Å². The average Bonchev–Trinajstić information content (AvgIpc) is 3.37. The van der Waals surface area contributed by atoms with Gasteiger partial charge in [-0.1, -0.05) is 75.1 Å². The molecule has 1 aliphatic carbocycles. The second-order valence-corrected chi connectivity index (χ2v) is 11.1. The Labute approximate surface area is 240 Å². The molecule has 1 fully saturated rings. The van der Waals surface area contributed by atoms with Gasteiger partial charge in [0.2, 0.25) is 5.91 Å². The zero-order chi connectivity index (χ0) is 29.3. The standard InChI is InChI=1S/C20H18ClN3O3.C10H18O.CH4O/c21-15-9-16-17(10-18(26)22-16)23-20(15)14-3-1-12(2-4-14)13-5-7-24(8-6-13)19(27)11-25;1-10(2,8-11)9-6-4-3-5-7-9;1-2/h1-5,9-10,22,25-26H,6-8,11H2;8-9H,3-7H2,1-2H3;2H,1H3. The van der Waals surface area contributed by atoms with Crippen LogP contribution in [0.1, 0.15) is 57.9 Å². The Hall–Kier alpha value is -3.20. The van der Waals surface area contributed by atoms with Gasteiger partial charge in [-0.25, -0.2) is 4.98 Å². The number of amides is 1. The number of hydrogen-bond donors (Lipinski definition) is 4. The van der Waals surface area contributed by atoms with Crippen LogP contribution in [-0.2, 0) is 9.59 Å². The number of aromatic amines is 1. The predicted molar refractivity (Wildman–Crippen MR) is 159 cm³/mol. The van der Waals surface area contributed by atoms with Crippen molar-refractivity contribution < 1.29 is 24.9 Å². The summed E-state index contributed by atoms with van der Waals surface area (Å²) in [5, 5.41) is 26.0.